The van der Waals surface area contributed by atoms with Gasteiger partial charge < -0.3 is 10.4 Å². The Kier molecular flexibility index (Phi) is 4.02. The standard InChI is InChI=1S/C22H27N7O/c1-12-6-13-7-19(30)15(8-16(13)23-12)17-9-18-20(26-24-17)29(28-25-18)14-10-21(2,3)27-22(4,5)11-14/h7-9,14,27,30H,6,10-11H2,1-5H3. The number of phenolic OH excluding ortho intramolecular Hbond substituents is 1. The smallest absolute Gasteiger partial charge is 0.201 e. The average molecular weight is 406 g/mol. The van der Waals surface area contributed by atoms with Gasteiger partial charge in [0, 0.05) is 28.8 Å². The number of rotatable bonds is 2. The Bertz CT molecular complexity index is 1180. The van der Waals surface area contributed by atoms with Crippen LogP contribution in [0.2, 0.25) is 0 Å². The number of benzene rings is 1. The molecule has 2 N–H and O–H groups in total. The van der Waals surface area contributed by atoms with E-state index in [-0.39, 0.29) is 22.9 Å². The molecule has 4 heterocycles. The van der Waals surface area contributed by atoms with Crippen molar-refractivity contribution in [1.82, 2.24) is 30.5 Å². The van der Waals surface area contributed by atoms with E-state index in [1.54, 1.807) is 6.07 Å². The zero-order valence-electron chi connectivity index (χ0n) is 18.1. The Morgan fingerprint density at radius 2 is 1.77 bits per heavy atom. The summed E-state index contributed by atoms with van der Waals surface area (Å²) < 4.78 is 1.91. The number of hydrogen-bond acceptors (Lipinski definition) is 7. The number of hydrogen-bond donors (Lipinski definition) is 2. The van der Waals surface area contributed by atoms with Crippen LogP contribution in [0, 0.1) is 0 Å². The SMILES string of the molecule is CC1=Nc2cc(-c3cc4nnn(C5CC(C)(C)NC(C)(C)C5)c4nn3)c(O)cc2C1. The molecule has 2 aliphatic rings. The van der Waals surface area contributed by atoms with Gasteiger partial charge in [0.05, 0.1) is 17.4 Å². The van der Waals surface area contributed by atoms with Crippen molar-refractivity contribution >= 4 is 22.6 Å². The third-order valence-corrected chi connectivity index (χ3v) is 5.97. The van der Waals surface area contributed by atoms with Crippen molar-refractivity contribution in [3.05, 3.63) is 23.8 Å². The molecule has 2 aliphatic heterocycles. The topological polar surface area (TPSA) is 101 Å². The molecule has 156 valence electrons. The fraction of sp³-hybridized carbons (Fsp3) is 0.500. The van der Waals surface area contributed by atoms with E-state index in [4.69, 9.17) is 0 Å². The molecule has 30 heavy (non-hydrogen) atoms. The van der Waals surface area contributed by atoms with E-state index >= 15 is 0 Å². The van der Waals surface area contributed by atoms with Crippen molar-refractivity contribution in [2.75, 3.05) is 0 Å². The maximum absolute atomic E-state index is 10.5. The number of fused-ring (bicyclic) bond motifs is 2. The van der Waals surface area contributed by atoms with Crippen LogP contribution >= 0.6 is 0 Å². The second-order valence-corrected chi connectivity index (χ2v) is 9.95. The molecule has 0 radical (unpaired) electrons. The zero-order chi connectivity index (χ0) is 21.3. The molecule has 1 aromatic carbocycles. The molecule has 0 bridgehead atoms. The number of nitrogens with zero attached hydrogens (tertiary/aromatic N) is 6. The molecule has 0 spiro atoms. The van der Waals surface area contributed by atoms with Gasteiger partial charge in [0.1, 0.15) is 11.3 Å². The Morgan fingerprint density at radius 3 is 2.50 bits per heavy atom. The maximum atomic E-state index is 10.5. The Morgan fingerprint density at radius 1 is 1.03 bits per heavy atom. The van der Waals surface area contributed by atoms with Crippen LogP contribution < -0.4 is 5.32 Å². The summed E-state index contributed by atoms with van der Waals surface area (Å²) in [5.74, 6) is 0.182. The first-order valence-electron chi connectivity index (χ1n) is 10.4. The van der Waals surface area contributed by atoms with Crippen molar-refractivity contribution < 1.29 is 5.11 Å². The maximum Gasteiger partial charge on any atom is 0.201 e. The summed E-state index contributed by atoms with van der Waals surface area (Å²) in [7, 11) is 0. The minimum atomic E-state index is -0.00703. The molecule has 5 rings (SSSR count). The van der Waals surface area contributed by atoms with Crippen LogP contribution in [0.4, 0.5) is 5.69 Å². The third-order valence-electron chi connectivity index (χ3n) is 5.97. The molecule has 0 unspecified atom stereocenters. The number of phenols is 1. The van der Waals surface area contributed by atoms with E-state index in [1.165, 1.54) is 0 Å². The number of aromatic nitrogens is 5. The second-order valence-electron chi connectivity index (χ2n) is 9.95. The van der Waals surface area contributed by atoms with Gasteiger partial charge in [0.25, 0.3) is 0 Å². The van der Waals surface area contributed by atoms with Crippen molar-refractivity contribution in [3.8, 4) is 17.0 Å². The normalized spacial score (nSPS) is 20.4. The summed E-state index contributed by atoms with van der Waals surface area (Å²) in [6, 6.07) is 5.68. The highest BCUT2D eigenvalue weighted by atomic mass is 16.3. The van der Waals surface area contributed by atoms with Gasteiger partial charge in [0.2, 0.25) is 5.65 Å². The molecule has 8 nitrogen and oxygen atoms in total. The van der Waals surface area contributed by atoms with Crippen LogP contribution in [-0.4, -0.2) is 47.1 Å². The summed E-state index contributed by atoms with van der Waals surface area (Å²) in [4.78, 5) is 4.55. The van der Waals surface area contributed by atoms with Crippen LogP contribution in [0.25, 0.3) is 22.4 Å². The Labute approximate surface area is 175 Å². The summed E-state index contributed by atoms with van der Waals surface area (Å²) >= 11 is 0. The third kappa shape index (κ3) is 3.25. The predicted octanol–water partition coefficient (Wildman–Crippen LogP) is 3.72. The number of piperidine rings is 1. The average Bonchev–Trinajstić information content (AvgIpc) is 3.19. The lowest BCUT2D eigenvalue weighted by Crippen LogP contribution is -2.58. The Balaban J connectivity index is 1.53. The Hall–Kier alpha value is -2.87. The van der Waals surface area contributed by atoms with Gasteiger partial charge in [-0.1, -0.05) is 5.21 Å². The van der Waals surface area contributed by atoms with Gasteiger partial charge in [-0.2, -0.15) is 0 Å². The van der Waals surface area contributed by atoms with Crippen molar-refractivity contribution in [3.63, 3.8) is 0 Å². The van der Waals surface area contributed by atoms with E-state index < -0.39 is 0 Å². The fourth-order valence-electron chi connectivity index (χ4n) is 5.16. The number of nitrogens with one attached hydrogen (secondary N) is 1. The lowest BCUT2D eigenvalue weighted by Gasteiger charge is -2.46. The quantitative estimate of drug-likeness (QED) is 0.674. The van der Waals surface area contributed by atoms with Crippen LogP contribution in [0.15, 0.2) is 23.2 Å². The van der Waals surface area contributed by atoms with E-state index in [1.807, 2.05) is 23.7 Å². The van der Waals surface area contributed by atoms with Crippen LogP contribution in [0.1, 0.15) is 59.1 Å². The summed E-state index contributed by atoms with van der Waals surface area (Å²) in [5, 5.41) is 31.9. The molecule has 0 amide bonds. The van der Waals surface area contributed by atoms with Crippen LogP contribution in [0.3, 0.4) is 0 Å². The number of aromatic hydroxyl groups is 1. The summed E-state index contributed by atoms with van der Waals surface area (Å²) in [6.07, 6.45) is 2.63. The lowest BCUT2D eigenvalue weighted by molar-refractivity contribution is 0.127. The molecule has 1 saturated heterocycles. The van der Waals surface area contributed by atoms with Gasteiger partial charge in [-0.15, -0.1) is 15.3 Å². The van der Waals surface area contributed by atoms with Gasteiger partial charge in [-0.05, 0) is 71.2 Å². The highest BCUT2D eigenvalue weighted by Crippen LogP contribution is 2.39. The highest BCUT2D eigenvalue weighted by molar-refractivity contribution is 5.93. The molecule has 3 aromatic rings. The minimum Gasteiger partial charge on any atom is -0.507 e. The highest BCUT2D eigenvalue weighted by Gasteiger charge is 2.39. The molecule has 2 aromatic heterocycles. The van der Waals surface area contributed by atoms with Crippen molar-refractivity contribution in [1.29, 1.82) is 0 Å². The molecular weight excluding hydrogens is 378 g/mol. The molecule has 0 aliphatic carbocycles. The first-order valence-corrected chi connectivity index (χ1v) is 10.4. The van der Waals surface area contributed by atoms with Gasteiger partial charge in [-0.3, -0.25) is 4.99 Å². The van der Waals surface area contributed by atoms with Crippen LogP contribution in [0.5, 0.6) is 5.75 Å². The summed E-state index contributed by atoms with van der Waals surface area (Å²) in [5.41, 5.74) is 5.47. The summed E-state index contributed by atoms with van der Waals surface area (Å²) in [6.45, 7) is 10.8. The van der Waals surface area contributed by atoms with Gasteiger partial charge in [-0.25, -0.2) is 4.68 Å². The molecule has 0 atom stereocenters. The first kappa shape index (κ1) is 19.1. The molecular formula is C22H27N7O. The predicted molar refractivity (Wildman–Crippen MR) is 116 cm³/mol. The zero-order valence-corrected chi connectivity index (χ0v) is 18.1. The number of aliphatic imine (C=N–C) groups is 1. The first-order chi connectivity index (χ1) is 14.1. The van der Waals surface area contributed by atoms with Crippen molar-refractivity contribution in [2.24, 2.45) is 4.99 Å². The van der Waals surface area contributed by atoms with Gasteiger partial charge >= 0.3 is 0 Å². The van der Waals surface area contributed by atoms with Gasteiger partial charge in [0.15, 0.2) is 0 Å². The minimum absolute atomic E-state index is 0.00703. The molecule has 1 fully saturated rings. The fourth-order valence-corrected chi connectivity index (χ4v) is 5.16. The van der Waals surface area contributed by atoms with E-state index in [0.29, 0.717) is 22.4 Å². The lowest BCUT2D eigenvalue weighted by atomic mass is 9.80. The molecule has 0 saturated carbocycles. The van der Waals surface area contributed by atoms with Crippen molar-refractivity contribution in [2.45, 2.75) is 71.0 Å². The monoisotopic (exact) mass is 405 g/mol. The van der Waals surface area contributed by atoms with E-state index in [9.17, 15) is 5.11 Å². The van der Waals surface area contributed by atoms with E-state index in [0.717, 1.165) is 36.2 Å². The second kappa shape index (κ2) is 6.31. The van der Waals surface area contributed by atoms with E-state index in [2.05, 4.69) is 58.5 Å². The molecule has 8 heteroatoms. The largest absolute Gasteiger partial charge is 0.507 e. The van der Waals surface area contributed by atoms with Crippen LogP contribution in [-0.2, 0) is 6.42 Å².